The number of carbonyl (C=O) groups excluding carboxylic acids is 2. The Kier molecular flexibility index (Phi) is 7.02. The normalized spacial score (nSPS) is 10.6. The predicted molar refractivity (Wildman–Crippen MR) is 114 cm³/mol. The van der Waals surface area contributed by atoms with E-state index in [-0.39, 0.29) is 24.1 Å². The molecule has 2 N–H and O–H groups in total. The van der Waals surface area contributed by atoms with Gasteiger partial charge in [-0.1, -0.05) is 60.3 Å². The number of rotatable bonds is 8. The quantitative estimate of drug-likeness (QED) is 0.559. The monoisotopic (exact) mass is 409 g/mol. The highest BCUT2D eigenvalue weighted by Crippen LogP contribution is 2.18. The lowest BCUT2D eigenvalue weighted by Gasteiger charge is -2.08. The van der Waals surface area contributed by atoms with Gasteiger partial charge in [0.1, 0.15) is 0 Å². The Morgan fingerprint density at radius 2 is 1.72 bits per heavy atom. The van der Waals surface area contributed by atoms with Crippen LogP contribution >= 0.6 is 11.8 Å². The number of thioether (sulfide) groups is 1. The summed E-state index contributed by atoms with van der Waals surface area (Å²) in [6.07, 6.45) is 0.319. The lowest BCUT2D eigenvalue weighted by Crippen LogP contribution is -2.26. The fraction of sp³-hybridized carbons (Fsp3) is 0.238. The molecule has 1 heterocycles. The minimum Gasteiger partial charge on any atom is -0.349 e. The Labute approximate surface area is 173 Å². The van der Waals surface area contributed by atoms with Crippen molar-refractivity contribution >= 4 is 29.3 Å². The zero-order valence-corrected chi connectivity index (χ0v) is 17.2. The van der Waals surface area contributed by atoms with Gasteiger partial charge in [0.2, 0.25) is 11.8 Å². The number of hydrogen-bond donors (Lipinski definition) is 2. The highest BCUT2D eigenvalue weighted by Gasteiger charge is 2.13. The van der Waals surface area contributed by atoms with E-state index in [9.17, 15) is 9.59 Å². The number of para-hydroxylation sites is 1. The summed E-state index contributed by atoms with van der Waals surface area (Å²) < 4.78 is 1.79. The van der Waals surface area contributed by atoms with Crippen LogP contribution < -0.4 is 10.6 Å². The van der Waals surface area contributed by atoms with Gasteiger partial charge in [0, 0.05) is 12.7 Å². The Morgan fingerprint density at radius 3 is 2.48 bits per heavy atom. The largest absolute Gasteiger partial charge is 0.349 e. The molecule has 0 bridgehead atoms. The summed E-state index contributed by atoms with van der Waals surface area (Å²) >= 11 is 1.30. The third-order valence-electron chi connectivity index (χ3n) is 4.33. The van der Waals surface area contributed by atoms with Crippen molar-refractivity contribution in [3.05, 3.63) is 71.5 Å². The molecule has 150 valence electrons. The summed E-state index contributed by atoms with van der Waals surface area (Å²) in [6, 6.07) is 17.2. The molecule has 0 fully saturated rings. The number of aryl methyl sites for hydroxylation is 1. The van der Waals surface area contributed by atoms with Gasteiger partial charge >= 0.3 is 0 Å². The summed E-state index contributed by atoms with van der Waals surface area (Å²) in [5, 5.41) is 14.6. The number of nitrogens with one attached hydrogen (secondary N) is 2. The fourth-order valence-electron chi connectivity index (χ4n) is 2.68. The smallest absolute Gasteiger partial charge is 0.234 e. The summed E-state index contributed by atoms with van der Waals surface area (Å²) in [7, 11) is 1.82. The van der Waals surface area contributed by atoms with Crippen molar-refractivity contribution < 1.29 is 9.59 Å². The summed E-state index contributed by atoms with van der Waals surface area (Å²) in [4.78, 5) is 24.3. The zero-order chi connectivity index (χ0) is 20.6. The minimum absolute atomic E-state index is 0.0778. The van der Waals surface area contributed by atoms with Crippen LogP contribution in [0.5, 0.6) is 0 Å². The number of aromatic nitrogens is 3. The second-order valence-electron chi connectivity index (χ2n) is 6.55. The molecule has 0 aliphatic rings. The molecule has 8 heteroatoms. The molecule has 0 unspecified atom stereocenters. The number of nitrogens with zero attached hydrogens (tertiary/aromatic N) is 3. The predicted octanol–water partition coefficient (Wildman–Crippen LogP) is 2.71. The third-order valence-corrected chi connectivity index (χ3v) is 5.35. The maximum Gasteiger partial charge on any atom is 0.234 e. The summed E-state index contributed by atoms with van der Waals surface area (Å²) in [5.41, 5.74) is 2.77. The molecule has 0 radical (unpaired) electrons. The lowest BCUT2D eigenvalue weighted by atomic mass is 10.1. The van der Waals surface area contributed by atoms with E-state index in [0.29, 0.717) is 17.4 Å². The molecule has 3 aromatic rings. The van der Waals surface area contributed by atoms with Crippen LogP contribution in [0, 0.1) is 6.92 Å². The van der Waals surface area contributed by atoms with Crippen molar-refractivity contribution in [2.75, 3.05) is 11.1 Å². The zero-order valence-electron chi connectivity index (χ0n) is 16.4. The summed E-state index contributed by atoms with van der Waals surface area (Å²) in [5.74, 6) is 0.671. The first kappa shape index (κ1) is 20.6. The number of hydrogen-bond acceptors (Lipinski definition) is 5. The van der Waals surface area contributed by atoms with Gasteiger partial charge in [-0.15, -0.1) is 10.2 Å². The highest BCUT2D eigenvalue weighted by atomic mass is 32.2. The van der Waals surface area contributed by atoms with Crippen LogP contribution in [-0.4, -0.2) is 32.3 Å². The molecule has 29 heavy (non-hydrogen) atoms. The first-order chi connectivity index (χ1) is 14.0. The van der Waals surface area contributed by atoms with Gasteiger partial charge < -0.3 is 15.2 Å². The van der Waals surface area contributed by atoms with Crippen molar-refractivity contribution in [2.45, 2.75) is 25.0 Å². The van der Waals surface area contributed by atoms with E-state index in [4.69, 9.17) is 0 Å². The van der Waals surface area contributed by atoms with E-state index in [1.807, 2.05) is 68.6 Å². The van der Waals surface area contributed by atoms with E-state index < -0.39 is 0 Å². The van der Waals surface area contributed by atoms with Crippen molar-refractivity contribution in [3.63, 3.8) is 0 Å². The van der Waals surface area contributed by atoms with Crippen LogP contribution in [0.1, 0.15) is 17.0 Å². The van der Waals surface area contributed by atoms with E-state index >= 15 is 0 Å². The number of amides is 2. The fourth-order valence-corrected chi connectivity index (χ4v) is 3.41. The standard InChI is InChI=1S/C21H23N5O2S/c1-15-8-6-7-11-17(15)23-20(28)14-29-21-25-24-18(26(21)2)13-22-19(27)12-16-9-4-3-5-10-16/h3-11H,12-14H2,1-2H3,(H,22,27)(H,23,28). The molecular weight excluding hydrogens is 386 g/mol. The van der Waals surface area contributed by atoms with Crippen LogP contribution in [0.4, 0.5) is 5.69 Å². The average molecular weight is 410 g/mol. The maximum absolute atomic E-state index is 12.2. The van der Waals surface area contributed by atoms with Crippen molar-refractivity contribution in [1.29, 1.82) is 0 Å². The van der Waals surface area contributed by atoms with Crippen LogP contribution in [0.25, 0.3) is 0 Å². The van der Waals surface area contributed by atoms with Crippen LogP contribution in [0.15, 0.2) is 59.8 Å². The second kappa shape index (κ2) is 9.88. The van der Waals surface area contributed by atoms with E-state index in [1.54, 1.807) is 4.57 Å². The summed E-state index contributed by atoms with van der Waals surface area (Å²) in [6.45, 7) is 2.23. The Hall–Kier alpha value is -3.13. The van der Waals surface area contributed by atoms with E-state index in [1.165, 1.54) is 11.8 Å². The molecule has 0 saturated heterocycles. The average Bonchev–Trinajstić information content (AvgIpc) is 3.07. The Bertz CT molecular complexity index is 988. The topological polar surface area (TPSA) is 88.9 Å². The number of carbonyl (C=O) groups is 2. The number of anilines is 1. The Balaban J connectivity index is 1.48. The van der Waals surface area contributed by atoms with Gasteiger partial charge in [0.05, 0.1) is 18.7 Å². The van der Waals surface area contributed by atoms with Gasteiger partial charge in [0.15, 0.2) is 11.0 Å². The Morgan fingerprint density at radius 1 is 1.00 bits per heavy atom. The minimum atomic E-state index is -0.106. The molecule has 1 aromatic heterocycles. The molecule has 0 aliphatic carbocycles. The van der Waals surface area contributed by atoms with Crippen LogP contribution in [-0.2, 0) is 29.6 Å². The molecule has 2 aromatic carbocycles. The van der Waals surface area contributed by atoms with Gasteiger partial charge in [-0.3, -0.25) is 9.59 Å². The first-order valence-electron chi connectivity index (χ1n) is 9.20. The molecule has 7 nitrogen and oxygen atoms in total. The van der Waals surface area contributed by atoms with Gasteiger partial charge in [-0.25, -0.2) is 0 Å². The van der Waals surface area contributed by atoms with Crippen molar-refractivity contribution in [1.82, 2.24) is 20.1 Å². The highest BCUT2D eigenvalue weighted by molar-refractivity contribution is 7.99. The molecule has 2 amide bonds. The number of benzene rings is 2. The third kappa shape index (κ3) is 5.92. The molecular formula is C21H23N5O2S. The molecule has 0 saturated carbocycles. The molecule has 0 aliphatic heterocycles. The lowest BCUT2D eigenvalue weighted by molar-refractivity contribution is -0.120. The first-order valence-corrected chi connectivity index (χ1v) is 10.2. The van der Waals surface area contributed by atoms with Gasteiger partial charge in [0.25, 0.3) is 0 Å². The molecule has 3 rings (SSSR count). The van der Waals surface area contributed by atoms with Crippen molar-refractivity contribution in [2.24, 2.45) is 7.05 Å². The van der Waals surface area contributed by atoms with Crippen molar-refractivity contribution in [3.8, 4) is 0 Å². The SMILES string of the molecule is Cc1ccccc1NC(=O)CSc1nnc(CNC(=O)Cc2ccccc2)n1C. The second-order valence-corrected chi connectivity index (χ2v) is 7.49. The van der Waals surface area contributed by atoms with E-state index in [2.05, 4.69) is 20.8 Å². The maximum atomic E-state index is 12.2. The van der Waals surface area contributed by atoms with Gasteiger partial charge in [-0.2, -0.15) is 0 Å². The molecule has 0 spiro atoms. The van der Waals surface area contributed by atoms with Crippen LogP contribution in [0.3, 0.4) is 0 Å². The molecule has 0 atom stereocenters. The van der Waals surface area contributed by atoms with Gasteiger partial charge in [-0.05, 0) is 24.1 Å². The van der Waals surface area contributed by atoms with E-state index in [0.717, 1.165) is 16.8 Å². The van der Waals surface area contributed by atoms with Crippen LogP contribution in [0.2, 0.25) is 0 Å².